The van der Waals surface area contributed by atoms with Crippen molar-refractivity contribution in [3.63, 3.8) is 0 Å². The van der Waals surface area contributed by atoms with Gasteiger partial charge >= 0.3 is 10.1 Å². The van der Waals surface area contributed by atoms with Crippen molar-refractivity contribution in [2.45, 2.75) is 6.92 Å². The number of benzene rings is 1. The molecule has 0 aromatic heterocycles. The third-order valence-corrected chi connectivity index (χ3v) is 3.62. The Bertz CT molecular complexity index is 1430. The zero-order valence-corrected chi connectivity index (χ0v) is 16.0. The maximum Gasteiger partial charge on any atom is 0.360 e. The van der Waals surface area contributed by atoms with Crippen LogP contribution in [0.4, 0.5) is 0 Å². The second kappa shape index (κ2) is 10.5. The van der Waals surface area contributed by atoms with Crippen LogP contribution in [0, 0.1) is 82.2 Å². The fraction of sp³-hybridized carbons (Fsp3) is 0.0435. The number of fused-ring (bicyclic) bond motifs is 1. The Balaban J connectivity index is 1.97. The van der Waals surface area contributed by atoms with E-state index in [0.717, 1.165) is 0 Å². The number of imide groups is 1. The summed E-state index contributed by atoms with van der Waals surface area (Å²) in [5.41, 5.74) is 0.0707. The first kappa shape index (κ1) is 21.5. The minimum absolute atomic E-state index is 0.0354. The fourth-order valence-electron chi connectivity index (χ4n) is 1.81. The number of hydroxylamine groups is 2. The Kier molecular flexibility index (Phi) is 7.52. The van der Waals surface area contributed by atoms with E-state index in [-0.39, 0.29) is 16.2 Å². The van der Waals surface area contributed by atoms with Gasteiger partial charge in [-0.2, -0.15) is 8.42 Å². The molecule has 0 fully saturated rings. The van der Waals surface area contributed by atoms with Crippen molar-refractivity contribution in [2.75, 3.05) is 0 Å². The van der Waals surface area contributed by atoms with Crippen molar-refractivity contribution in [1.82, 2.24) is 5.06 Å². The number of rotatable bonds is 2. The average molecular weight is 409 g/mol. The van der Waals surface area contributed by atoms with E-state index in [1.165, 1.54) is 24.3 Å². The summed E-state index contributed by atoms with van der Waals surface area (Å²) < 4.78 is 28.1. The maximum atomic E-state index is 12.1. The molecule has 0 radical (unpaired) electrons. The van der Waals surface area contributed by atoms with E-state index < -0.39 is 21.9 Å². The maximum absolute atomic E-state index is 12.1. The van der Waals surface area contributed by atoms with Gasteiger partial charge in [0.15, 0.2) is 0 Å². The average Bonchev–Trinajstić information content (AvgIpc) is 2.96. The SMILES string of the molecule is CC#CC#CC#CC#CC#CC#CC#CS(=O)(=O)ON1C(=O)c2ccccc2C1=O. The largest absolute Gasteiger partial charge is 0.360 e. The highest BCUT2D eigenvalue weighted by atomic mass is 32.2. The highest BCUT2D eigenvalue weighted by Gasteiger charge is 2.39. The van der Waals surface area contributed by atoms with Gasteiger partial charge in [0.05, 0.1) is 16.4 Å². The highest BCUT2D eigenvalue weighted by Crippen LogP contribution is 2.23. The molecule has 1 aromatic rings. The summed E-state index contributed by atoms with van der Waals surface area (Å²) in [6, 6.07) is 5.83. The van der Waals surface area contributed by atoms with E-state index in [1.54, 1.807) is 12.2 Å². The standard InChI is InChI=1S/C23H7NO5S/c1-2-3-4-5-6-7-8-9-10-11-12-13-16-19-30(27,28)29-24-22(25)20-17-14-15-18-21(20)23(24)26/h14-15,17-18H,1H3. The van der Waals surface area contributed by atoms with Crippen molar-refractivity contribution in [3.05, 3.63) is 35.4 Å². The summed E-state index contributed by atoms with van der Waals surface area (Å²) in [4.78, 5) is 24.1. The summed E-state index contributed by atoms with van der Waals surface area (Å²) in [7, 11) is -4.56. The van der Waals surface area contributed by atoms with Crippen molar-refractivity contribution < 1.29 is 22.3 Å². The van der Waals surface area contributed by atoms with Gasteiger partial charge in [-0.15, -0.1) is 9.35 Å². The van der Waals surface area contributed by atoms with E-state index >= 15 is 0 Å². The highest BCUT2D eigenvalue weighted by molar-refractivity contribution is 7.91. The summed E-state index contributed by atoms with van der Waals surface area (Å²) in [6.07, 6.45) is 0. The van der Waals surface area contributed by atoms with Gasteiger partial charge in [0, 0.05) is 17.8 Å². The normalized spacial score (nSPS) is 10.1. The van der Waals surface area contributed by atoms with Gasteiger partial charge in [0.1, 0.15) is 0 Å². The molecule has 7 heteroatoms. The van der Waals surface area contributed by atoms with Gasteiger partial charge in [0.25, 0.3) is 11.8 Å². The van der Waals surface area contributed by atoms with E-state index in [2.05, 4.69) is 75.3 Å². The van der Waals surface area contributed by atoms with Crippen LogP contribution in [0.25, 0.3) is 0 Å². The first-order valence-corrected chi connectivity index (χ1v) is 9.23. The molecule has 1 heterocycles. The van der Waals surface area contributed by atoms with Crippen LogP contribution in [-0.4, -0.2) is 25.3 Å². The molecule has 0 saturated heterocycles. The monoisotopic (exact) mass is 409 g/mol. The molecule has 0 spiro atoms. The Morgan fingerprint density at radius 1 is 0.700 bits per heavy atom. The minimum Gasteiger partial charge on any atom is -0.266 e. The Labute approximate surface area is 174 Å². The smallest absolute Gasteiger partial charge is 0.266 e. The van der Waals surface area contributed by atoms with Crippen LogP contribution < -0.4 is 0 Å². The van der Waals surface area contributed by atoms with Gasteiger partial charge in [-0.25, -0.2) is 0 Å². The molecule has 0 aliphatic carbocycles. The van der Waals surface area contributed by atoms with Gasteiger partial charge < -0.3 is 0 Å². The molecular weight excluding hydrogens is 402 g/mol. The third kappa shape index (κ3) is 6.12. The number of amides is 2. The van der Waals surface area contributed by atoms with Gasteiger partial charge in [0.2, 0.25) is 0 Å². The topological polar surface area (TPSA) is 80.8 Å². The Morgan fingerprint density at radius 3 is 1.53 bits per heavy atom. The van der Waals surface area contributed by atoms with Gasteiger partial charge in [-0.05, 0) is 72.3 Å². The van der Waals surface area contributed by atoms with E-state index in [1.807, 2.05) is 5.92 Å². The quantitative estimate of drug-likeness (QED) is 0.526. The van der Waals surface area contributed by atoms with Crippen LogP contribution in [0.2, 0.25) is 0 Å². The predicted molar refractivity (Wildman–Crippen MR) is 107 cm³/mol. The lowest BCUT2D eigenvalue weighted by Crippen LogP contribution is -2.32. The number of nitrogens with zero attached hydrogens (tertiary/aromatic N) is 1. The molecule has 0 atom stereocenters. The summed E-state index contributed by atoms with van der Waals surface area (Å²) in [5, 5.41) is 1.85. The third-order valence-electron chi connectivity index (χ3n) is 2.92. The molecule has 1 aromatic carbocycles. The second-order valence-electron chi connectivity index (χ2n) is 4.83. The molecular formula is C23H7NO5S. The van der Waals surface area contributed by atoms with E-state index in [0.29, 0.717) is 0 Å². The number of hydrogen-bond donors (Lipinski definition) is 0. The second-order valence-corrected chi connectivity index (χ2v) is 6.09. The summed E-state index contributed by atoms with van der Waals surface area (Å²) in [6.45, 7) is 1.65. The van der Waals surface area contributed by atoms with Crippen molar-refractivity contribution in [3.8, 4) is 82.2 Å². The van der Waals surface area contributed by atoms with Crippen LogP contribution in [0.5, 0.6) is 0 Å². The number of carbonyl (C=O) groups is 2. The van der Waals surface area contributed by atoms with Crippen LogP contribution in [0.15, 0.2) is 24.3 Å². The molecule has 1 aliphatic rings. The molecule has 1 aliphatic heterocycles. The first-order chi connectivity index (χ1) is 14.5. The Hall–Kier alpha value is -4.81. The number of carbonyl (C=O) groups excluding carboxylic acids is 2. The molecule has 6 nitrogen and oxygen atoms in total. The van der Waals surface area contributed by atoms with Crippen molar-refractivity contribution in [1.29, 1.82) is 0 Å². The van der Waals surface area contributed by atoms with E-state index in [9.17, 15) is 18.0 Å². The van der Waals surface area contributed by atoms with Crippen LogP contribution in [0.1, 0.15) is 27.6 Å². The molecule has 2 rings (SSSR count). The van der Waals surface area contributed by atoms with Gasteiger partial charge in [-0.3, -0.25) is 9.59 Å². The summed E-state index contributed by atoms with van der Waals surface area (Å²) in [5.74, 6) is 29.0. The van der Waals surface area contributed by atoms with E-state index in [4.69, 9.17) is 0 Å². The molecule has 0 unspecified atom stereocenters. The minimum atomic E-state index is -4.56. The van der Waals surface area contributed by atoms with Crippen molar-refractivity contribution in [2.24, 2.45) is 0 Å². The lowest BCUT2D eigenvalue weighted by Gasteiger charge is -2.09. The fourth-order valence-corrected chi connectivity index (χ4v) is 2.36. The number of hydrogen-bond acceptors (Lipinski definition) is 5. The lowest BCUT2D eigenvalue weighted by atomic mass is 10.1. The summed E-state index contributed by atoms with van der Waals surface area (Å²) >= 11 is 0. The Morgan fingerprint density at radius 2 is 1.10 bits per heavy atom. The van der Waals surface area contributed by atoms with Crippen LogP contribution in [-0.2, 0) is 14.4 Å². The molecule has 30 heavy (non-hydrogen) atoms. The molecule has 0 N–H and O–H groups in total. The zero-order valence-electron chi connectivity index (χ0n) is 15.2. The molecule has 2 amide bonds. The predicted octanol–water partition coefficient (Wildman–Crippen LogP) is 0.545. The van der Waals surface area contributed by atoms with Gasteiger partial charge in [-0.1, -0.05) is 18.1 Å². The molecule has 140 valence electrons. The molecule has 0 saturated carbocycles. The first-order valence-electron chi connectivity index (χ1n) is 7.82. The lowest BCUT2D eigenvalue weighted by molar-refractivity contribution is -0.00913. The van der Waals surface area contributed by atoms with Crippen LogP contribution in [0.3, 0.4) is 0 Å². The van der Waals surface area contributed by atoms with Crippen LogP contribution >= 0.6 is 0 Å². The van der Waals surface area contributed by atoms with Crippen molar-refractivity contribution >= 4 is 21.9 Å². The zero-order chi connectivity index (χ0) is 21.8. The molecule has 0 bridgehead atoms.